The van der Waals surface area contributed by atoms with Crippen LogP contribution >= 0.6 is 0 Å². The lowest BCUT2D eigenvalue weighted by molar-refractivity contribution is 0.572. The summed E-state index contributed by atoms with van der Waals surface area (Å²) in [5, 5.41) is 6.55. The Hall–Kier alpha value is -3.94. The van der Waals surface area contributed by atoms with Gasteiger partial charge in [-0.2, -0.15) is 0 Å². The molecule has 1 aromatic carbocycles. The predicted octanol–water partition coefficient (Wildman–Crippen LogP) is 3.49. The lowest BCUT2D eigenvalue weighted by Gasteiger charge is -2.10. The first kappa shape index (κ1) is 20.3. The molecule has 0 fully saturated rings. The van der Waals surface area contributed by atoms with Crippen molar-refractivity contribution in [2.45, 2.75) is 26.9 Å². The van der Waals surface area contributed by atoms with Gasteiger partial charge in [0.15, 0.2) is 5.96 Å². The van der Waals surface area contributed by atoms with Crippen molar-refractivity contribution >= 4 is 5.96 Å². The van der Waals surface area contributed by atoms with Crippen LogP contribution in [0.2, 0.25) is 0 Å². The highest BCUT2D eigenvalue weighted by Gasteiger charge is 2.07. The molecule has 4 rings (SSSR count). The third-order valence-electron chi connectivity index (χ3n) is 4.66. The number of aromatic nitrogens is 4. The van der Waals surface area contributed by atoms with Crippen LogP contribution in [0.5, 0.6) is 0 Å². The van der Waals surface area contributed by atoms with Gasteiger partial charge in [-0.25, -0.2) is 19.9 Å². The second kappa shape index (κ2) is 9.71. The van der Waals surface area contributed by atoms with E-state index in [9.17, 15) is 0 Å². The smallest absolute Gasteiger partial charge is 0.226 e. The average molecular weight is 416 g/mol. The molecule has 3 aromatic heterocycles. The molecule has 8 heteroatoms. The van der Waals surface area contributed by atoms with Gasteiger partial charge in [-0.05, 0) is 37.6 Å². The van der Waals surface area contributed by atoms with Crippen LogP contribution in [0.25, 0.3) is 17.3 Å². The number of rotatable bonds is 7. The van der Waals surface area contributed by atoms with Crippen molar-refractivity contribution in [3.8, 4) is 17.3 Å². The predicted molar refractivity (Wildman–Crippen MR) is 120 cm³/mol. The van der Waals surface area contributed by atoms with Crippen molar-refractivity contribution in [2.24, 2.45) is 4.99 Å². The van der Waals surface area contributed by atoms with E-state index in [-0.39, 0.29) is 0 Å². The number of nitrogens with zero attached hydrogens (tertiary/aromatic N) is 5. The van der Waals surface area contributed by atoms with Gasteiger partial charge in [0.05, 0.1) is 18.8 Å². The van der Waals surface area contributed by atoms with Crippen LogP contribution in [0.4, 0.5) is 0 Å². The van der Waals surface area contributed by atoms with Crippen LogP contribution in [0.3, 0.4) is 0 Å². The summed E-state index contributed by atoms with van der Waals surface area (Å²) < 4.78 is 7.54. The highest BCUT2D eigenvalue weighted by Crippen LogP contribution is 2.17. The van der Waals surface area contributed by atoms with Crippen molar-refractivity contribution in [2.75, 3.05) is 6.54 Å². The molecule has 0 atom stereocenters. The number of oxazole rings is 1. The zero-order chi connectivity index (χ0) is 21.5. The highest BCUT2D eigenvalue weighted by atomic mass is 16.3. The molecule has 0 aliphatic rings. The minimum atomic E-state index is 0.513. The molecule has 0 saturated heterocycles. The highest BCUT2D eigenvalue weighted by molar-refractivity contribution is 5.79. The number of guanidine groups is 1. The third-order valence-corrected chi connectivity index (χ3v) is 4.66. The third kappa shape index (κ3) is 5.16. The number of pyridine rings is 1. The maximum atomic E-state index is 5.60. The number of imidazole rings is 1. The summed E-state index contributed by atoms with van der Waals surface area (Å²) in [6.07, 6.45) is 7.17. The Balaban J connectivity index is 1.37. The van der Waals surface area contributed by atoms with Gasteiger partial charge in [0.25, 0.3) is 0 Å². The second-order valence-corrected chi connectivity index (χ2v) is 6.93. The first-order valence-corrected chi connectivity index (χ1v) is 10.2. The molecule has 0 amide bonds. The van der Waals surface area contributed by atoms with Gasteiger partial charge in [-0.3, -0.25) is 4.57 Å². The van der Waals surface area contributed by atoms with E-state index in [0.717, 1.165) is 35.0 Å². The van der Waals surface area contributed by atoms with Crippen molar-refractivity contribution in [1.29, 1.82) is 0 Å². The number of hydrogen-bond acceptors (Lipinski definition) is 5. The van der Waals surface area contributed by atoms with E-state index in [0.29, 0.717) is 24.9 Å². The zero-order valence-electron chi connectivity index (χ0n) is 17.6. The maximum Gasteiger partial charge on any atom is 0.226 e. The van der Waals surface area contributed by atoms with Gasteiger partial charge < -0.3 is 15.1 Å². The normalized spacial score (nSPS) is 11.5. The van der Waals surface area contributed by atoms with Crippen LogP contribution in [0.15, 0.2) is 76.7 Å². The Morgan fingerprint density at radius 1 is 1.10 bits per heavy atom. The molecule has 158 valence electrons. The summed E-state index contributed by atoms with van der Waals surface area (Å²) in [7, 11) is 0. The van der Waals surface area contributed by atoms with Gasteiger partial charge in [0, 0.05) is 30.7 Å². The van der Waals surface area contributed by atoms with Gasteiger partial charge in [-0.15, -0.1) is 0 Å². The first-order valence-electron chi connectivity index (χ1n) is 10.2. The van der Waals surface area contributed by atoms with E-state index in [1.807, 2.05) is 73.3 Å². The molecule has 0 unspecified atom stereocenters. The SMILES string of the molecule is CCNC(=NCc1ccc(-n2ccnc2C)nc1)NCc1coc(-c2ccccc2)n1. The van der Waals surface area contributed by atoms with Crippen LogP contribution in [0, 0.1) is 6.92 Å². The summed E-state index contributed by atoms with van der Waals surface area (Å²) in [5.74, 6) is 3.06. The van der Waals surface area contributed by atoms with Gasteiger partial charge in [-0.1, -0.05) is 24.3 Å². The molecule has 0 spiro atoms. The Labute approximate surface area is 181 Å². The summed E-state index contributed by atoms with van der Waals surface area (Å²) >= 11 is 0. The lowest BCUT2D eigenvalue weighted by atomic mass is 10.2. The van der Waals surface area contributed by atoms with Crippen LogP contribution in [-0.4, -0.2) is 32.0 Å². The van der Waals surface area contributed by atoms with E-state index < -0.39 is 0 Å². The number of benzene rings is 1. The zero-order valence-corrected chi connectivity index (χ0v) is 17.6. The molecule has 2 N–H and O–H groups in total. The molecule has 4 aromatic rings. The number of aryl methyl sites for hydroxylation is 1. The van der Waals surface area contributed by atoms with Gasteiger partial charge in [0.1, 0.15) is 17.9 Å². The molecule has 3 heterocycles. The number of nitrogens with one attached hydrogen (secondary N) is 2. The van der Waals surface area contributed by atoms with Crippen LogP contribution < -0.4 is 10.6 Å². The molecule has 0 radical (unpaired) electrons. The van der Waals surface area contributed by atoms with Crippen molar-refractivity contribution in [3.05, 3.63) is 84.4 Å². The molecular formula is C23H25N7O. The molecule has 31 heavy (non-hydrogen) atoms. The van der Waals surface area contributed by atoms with Crippen molar-refractivity contribution < 1.29 is 4.42 Å². The van der Waals surface area contributed by atoms with Gasteiger partial charge in [0.2, 0.25) is 5.89 Å². The summed E-state index contributed by atoms with van der Waals surface area (Å²) in [6.45, 7) is 5.77. The fourth-order valence-corrected chi connectivity index (χ4v) is 3.06. The molecule has 0 bridgehead atoms. The summed E-state index contributed by atoms with van der Waals surface area (Å²) in [6, 6.07) is 13.8. The molecule has 8 nitrogen and oxygen atoms in total. The van der Waals surface area contributed by atoms with Gasteiger partial charge >= 0.3 is 0 Å². The monoisotopic (exact) mass is 415 g/mol. The Kier molecular flexibility index (Phi) is 6.37. The minimum absolute atomic E-state index is 0.513. The molecule has 0 aliphatic heterocycles. The summed E-state index contributed by atoms with van der Waals surface area (Å²) in [5.41, 5.74) is 2.79. The van der Waals surface area contributed by atoms with E-state index in [1.54, 1.807) is 12.5 Å². The van der Waals surface area contributed by atoms with E-state index in [4.69, 9.17) is 4.42 Å². The lowest BCUT2D eigenvalue weighted by Crippen LogP contribution is -2.36. The van der Waals surface area contributed by atoms with Crippen LogP contribution in [0.1, 0.15) is 24.0 Å². The summed E-state index contributed by atoms with van der Waals surface area (Å²) in [4.78, 5) is 17.9. The van der Waals surface area contributed by atoms with E-state index >= 15 is 0 Å². The fourth-order valence-electron chi connectivity index (χ4n) is 3.06. The van der Waals surface area contributed by atoms with E-state index in [2.05, 4.69) is 30.6 Å². The Bertz CT molecular complexity index is 1130. The Morgan fingerprint density at radius 2 is 1.97 bits per heavy atom. The molecular weight excluding hydrogens is 390 g/mol. The van der Waals surface area contributed by atoms with E-state index in [1.165, 1.54) is 0 Å². The molecule has 0 aliphatic carbocycles. The van der Waals surface area contributed by atoms with Crippen LogP contribution in [-0.2, 0) is 13.1 Å². The quantitative estimate of drug-likeness (QED) is 0.355. The minimum Gasteiger partial charge on any atom is -0.444 e. The Morgan fingerprint density at radius 3 is 2.68 bits per heavy atom. The topological polar surface area (TPSA) is 93.2 Å². The fraction of sp³-hybridized carbons (Fsp3) is 0.217. The maximum absolute atomic E-state index is 5.60. The standard InChI is InChI=1S/C23H25N7O/c1-3-24-23(28-15-20-16-31-22(29-20)19-7-5-4-6-8-19)27-14-18-9-10-21(26-13-18)30-12-11-25-17(30)2/h4-13,16H,3,14-15H2,1-2H3,(H2,24,27,28). The van der Waals surface area contributed by atoms with Crippen molar-refractivity contribution in [3.63, 3.8) is 0 Å². The second-order valence-electron chi connectivity index (χ2n) is 6.93. The largest absolute Gasteiger partial charge is 0.444 e. The van der Waals surface area contributed by atoms with Crippen molar-refractivity contribution in [1.82, 2.24) is 30.2 Å². The first-order chi connectivity index (χ1) is 15.2. The number of aliphatic imine (C=N–C) groups is 1. The number of hydrogen-bond donors (Lipinski definition) is 2. The molecule has 0 saturated carbocycles. The average Bonchev–Trinajstić information content (AvgIpc) is 3.46.